The van der Waals surface area contributed by atoms with Crippen LogP contribution in [0.4, 0.5) is 0 Å². The lowest BCUT2D eigenvalue weighted by Crippen LogP contribution is -2.25. The smallest absolute Gasteiger partial charge is 0.134 e. The molecule has 3 rings (SSSR count). The van der Waals surface area contributed by atoms with E-state index in [2.05, 4.69) is 0 Å². The monoisotopic (exact) mass is 552 g/mol. The van der Waals surface area contributed by atoms with Crippen molar-refractivity contribution < 1.29 is 18.3 Å². The van der Waals surface area contributed by atoms with Gasteiger partial charge in [0.25, 0.3) is 0 Å². The first-order chi connectivity index (χ1) is 19.3. The lowest BCUT2D eigenvalue weighted by atomic mass is 10.1. The maximum absolute atomic E-state index is 9.03. The SMILES string of the molecule is CC(/C=C/c1ccc(C/C(SC(C)c2ccc(/C=C/C(C)=C(C#N)C#N)o2)=C2\OCCOC2C)o1)=C(C#N)C#N. The van der Waals surface area contributed by atoms with Crippen LogP contribution in [0.1, 0.15) is 56.0 Å². The number of ether oxygens (including phenoxy) is 2. The second-order valence-electron chi connectivity index (χ2n) is 8.86. The Balaban J connectivity index is 1.81. The minimum absolute atomic E-state index is 0.0566. The minimum Gasteiger partial charge on any atom is -0.492 e. The summed E-state index contributed by atoms with van der Waals surface area (Å²) in [4.78, 5) is 0.955. The van der Waals surface area contributed by atoms with Crippen molar-refractivity contribution in [1.29, 1.82) is 21.0 Å². The van der Waals surface area contributed by atoms with E-state index in [1.54, 1.807) is 49.9 Å². The van der Waals surface area contributed by atoms with Gasteiger partial charge in [0, 0.05) is 11.3 Å². The molecule has 2 unspecified atom stereocenters. The summed E-state index contributed by atoms with van der Waals surface area (Å²) >= 11 is 1.59. The number of thioether (sulfide) groups is 1. The van der Waals surface area contributed by atoms with Gasteiger partial charge >= 0.3 is 0 Å². The summed E-state index contributed by atoms with van der Waals surface area (Å²) in [6, 6.07) is 15.0. The zero-order valence-electron chi connectivity index (χ0n) is 22.7. The van der Waals surface area contributed by atoms with Crippen molar-refractivity contribution in [2.24, 2.45) is 0 Å². The Hall–Kier alpha value is -4.67. The van der Waals surface area contributed by atoms with Gasteiger partial charge < -0.3 is 18.3 Å². The average molecular weight is 553 g/mol. The predicted octanol–water partition coefficient (Wildman–Crippen LogP) is 7.31. The van der Waals surface area contributed by atoms with E-state index in [1.165, 1.54) is 0 Å². The molecular formula is C31H28N4O4S. The van der Waals surface area contributed by atoms with Gasteiger partial charge in [-0.1, -0.05) is 12.2 Å². The molecule has 1 saturated heterocycles. The highest BCUT2D eigenvalue weighted by Gasteiger charge is 2.25. The molecule has 0 N–H and O–H groups in total. The molecule has 2 aromatic rings. The molecule has 40 heavy (non-hydrogen) atoms. The zero-order chi connectivity index (χ0) is 29.1. The number of hydrogen-bond donors (Lipinski definition) is 0. The van der Waals surface area contributed by atoms with Crippen molar-refractivity contribution in [3.8, 4) is 24.3 Å². The highest BCUT2D eigenvalue weighted by molar-refractivity contribution is 8.03. The van der Waals surface area contributed by atoms with E-state index < -0.39 is 0 Å². The summed E-state index contributed by atoms with van der Waals surface area (Å²) in [5.41, 5.74) is 1.24. The third kappa shape index (κ3) is 7.92. The summed E-state index contributed by atoms with van der Waals surface area (Å²) in [6.45, 7) is 8.38. The van der Waals surface area contributed by atoms with E-state index >= 15 is 0 Å². The van der Waals surface area contributed by atoms with Crippen molar-refractivity contribution in [2.75, 3.05) is 13.2 Å². The highest BCUT2D eigenvalue weighted by atomic mass is 32.2. The van der Waals surface area contributed by atoms with Crippen LogP contribution >= 0.6 is 11.8 Å². The maximum Gasteiger partial charge on any atom is 0.134 e. The topological polar surface area (TPSA) is 140 Å². The molecule has 1 aliphatic rings. The third-order valence-electron chi connectivity index (χ3n) is 5.97. The largest absolute Gasteiger partial charge is 0.492 e. The van der Waals surface area contributed by atoms with Crippen molar-refractivity contribution in [2.45, 2.75) is 45.5 Å². The van der Waals surface area contributed by atoms with Gasteiger partial charge in [-0.2, -0.15) is 21.0 Å². The number of allylic oxidation sites excluding steroid dienone is 7. The summed E-state index contributed by atoms with van der Waals surface area (Å²) < 4.78 is 23.9. The van der Waals surface area contributed by atoms with Gasteiger partial charge in [0.15, 0.2) is 0 Å². The standard InChI is InChI=1S/C31H28N4O4S/c1-20(24(16-32)17-33)5-7-26-9-10-28(38-26)15-30(31-22(3)36-13-14-37-31)40-23(4)29-12-11-27(39-29)8-6-21(2)25(18-34)19-35/h5-12,22-23H,13-15H2,1-4H3/b7-5+,8-6+,31-30+. The van der Waals surface area contributed by atoms with Gasteiger partial charge in [-0.25, -0.2) is 0 Å². The molecular weight excluding hydrogens is 524 g/mol. The molecule has 0 bridgehead atoms. The Morgan fingerprint density at radius 2 is 1.48 bits per heavy atom. The summed E-state index contributed by atoms with van der Waals surface area (Å²) in [5.74, 6) is 3.45. The van der Waals surface area contributed by atoms with Gasteiger partial charge in [-0.3, -0.25) is 0 Å². The van der Waals surface area contributed by atoms with Crippen molar-refractivity contribution in [3.63, 3.8) is 0 Å². The Labute approximate surface area is 238 Å². The molecule has 8 nitrogen and oxygen atoms in total. The lowest BCUT2D eigenvalue weighted by Gasteiger charge is -2.27. The fraction of sp³-hybridized carbons (Fsp3) is 0.290. The molecule has 2 aromatic heterocycles. The summed E-state index contributed by atoms with van der Waals surface area (Å²) in [7, 11) is 0. The first kappa shape index (κ1) is 29.9. The molecule has 0 amide bonds. The van der Waals surface area contributed by atoms with Gasteiger partial charge in [-0.05, 0) is 75.3 Å². The number of hydrogen-bond acceptors (Lipinski definition) is 9. The van der Waals surface area contributed by atoms with Crippen LogP contribution in [0, 0.1) is 45.3 Å². The summed E-state index contributed by atoms with van der Waals surface area (Å²) in [6.07, 6.45) is 7.10. The maximum atomic E-state index is 9.03. The summed E-state index contributed by atoms with van der Waals surface area (Å²) in [5, 5.41) is 36.1. The molecule has 0 spiro atoms. The molecule has 0 saturated carbocycles. The second kappa shape index (κ2) is 14.5. The fourth-order valence-corrected chi connectivity index (χ4v) is 4.97. The van der Waals surface area contributed by atoms with Gasteiger partial charge in [-0.15, -0.1) is 11.8 Å². The molecule has 3 heterocycles. The van der Waals surface area contributed by atoms with E-state index in [0.717, 1.165) is 22.2 Å². The van der Waals surface area contributed by atoms with Crippen molar-refractivity contribution in [3.05, 3.63) is 92.4 Å². The number of furan rings is 2. The molecule has 1 fully saturated rings. The van der Waals surface area contributed by atoms with Crippen LogP contribution < -0.4 is 0 Å². The molecule has 1 aliphatic heterocycles. The van der Waals surface area contributed by atoms with Gasteiger partial charge in [0.2, 0.25) is 0 Å². The van der Waals surface area contributed by atoms with Crippen LogP contribution in [0.2, 0.25) is 0 Å². The van der Waals surface area contributed by atoms with Crippen LogP contribution in [0.25, 0.3) is 12.2 Å². The molecule has 0 aliphatic carbocycles. The molecule has 2 atom stereocenters. The number of nitriles is 4. The predicted molar refractivity (Wildman–Crippen MR) is 151 cm³/mol. The van der Waals surface area contributed by atoms with E-state index in [0.29, 0.717) is 42.3 Å². The second-order valence-corrected chi connectivity index (χ2v) is 10.3. The van der Waals surface area contributed by atoms with Crippen LogP contribution in [0.15, 0.2) is 78.2 Å². The number of nitrogens with zero attached hydrogens (tertiary/aromatic N) is 4. The molecule has 0 radical (unpaired) electrons. The normalized spacial score (nSPS) is 16.8. The molecule has 9 heteroatoms. The van der Waals surface area contributed by atoms with E-state index in [9.17, 15) is 0 Å². The van der Waals surface area contributed by atoms with Crippen molar-refractivity contribution in [1.82, 2.24) is 0 Å². The van der Waals surface area contributed by atoms with Crippen molar-refractivity contribution >= 4 is 23.9 Å². The van der Waals surface area contributed by atoms with Gasteiger partial charge in [0.05, 0.1) is 11.9 Å². The highest BCUT2D eigenvalue weighted by Crippen LogP contribution is 2.40. The Morgan fingerprint density at radius 1 is 0.900 bits per heavy atom. The average Bonchev–Trinajstić information content (AvgIpc) is 3.62. The van der Waals surface area contributed by atoms with Crippen LogP contribution in [-0.2, 0) is 15.9 Å². The fourth-order valence-electron chi connectivity index (χ4n) is 3.73. The van der Waals surface area contributed by atoms with Crippen LogP contribution in [0.5, 0.6) is 0 Å². The van der Waals surface area contributed by atoms with Crippen LogP contribution in [-0.4, -0.2) is 19.3 Å². The number of rotatable bonds is 9. The first-order valence-corrected chi connectivity index (χ1v) is 13.4. The Bertz CT molecular complexity index is 1530. The van der Waals surface area contributed by atoms with E-state index in [-0.39, 0.29) is 22.5 Å². The van der Waals surface area contributed by atoms with E-state index in [1.807, 2.05) is 62.4 Å². The quantitative estimate of drug-likeness (QED) is 0.231. The van der Waals surface area contributed by atoms with Gasteiger partial charge in [0.1, 0.15) is 76.9 Å². The minimum atomic E-state index is -0.208. The third-order valence-corrected chi connectivity index (χ3v) is 7.18. The molecule has 202 valence electrons. The lowest BCUT2D eigenvalue weighted by molar-refractivity contribution is -0.0345. The first-order valence-electron chi connectivity index (χ1n) is 12.5. The Morgan fingerprint density at radius 3 is 2.05 bits per heavy atom. The van der Waals surface area contributed by atoms with Crippen LogP contribution in [0.3, 0.4) is 0 Å². The molecule has 0 aromatic carbocycles. The zero-order valence-corrected chi connectivity index (χ0v) is 23.5. The van der Waals surface area contributed by atoms with E-state index in [4.69, 9.17) is 39.4 Å². The Kier molecular flexibility index (Phi) is 10.8.